The van der Waals surface area contributed by atoms with E-state index in [-0.39, 0.29) is 11.8 Å². The summed E-state index contributed by atoms with van der Waals surface area (Å²) >= 11 is 0. The van der Waals surface area contributed by atoms with E-state index in [1.807, 2.05) is 0 Å². The van der Waals surface area contributed by atoms with Crippen LogP contribution in [0.15, 0.2) is 0 Å². The zero-order valence-corrected chi connectivity index (χ0v) is 11.6. The van der Waals surface area contributed by atoms with E-state index in [2.05, 4.69) is 11.0 Å². The lowest BCUT2D eigenvalue weighted by atomic mass is 9.96. The number of nitrogens with zero attached hydrogens (tertiary/aromatic N) is 3. The first-order valence-corrected chi connectivity index (χ1v) is 7.26. The van der Waals surface area contributed by atoms with Crippen LogP contribution < -0.4 is 0 Å². The Bertz CT molecular complexity index is 418. The SMILES string of the molecule is N#CCCN1CCCC(C(=O)N2CCCC2C(=O)O)C1. The molecule has 0 spiro atoms. The number of hydrogen-bond donors (Lipinski definition) is 1. The summed E-state index contributed by atoms with van der Waals surface area (Å²) in [5, 5.41) is 17.8. The van der Waals surface area contributed by atoms with Gasteiger partial charge in [0.05, 0.1) is 12.0 Å². The summed E-state index contributed by atoms with van der Waals surface area (Å²) in [5.74, 6) is -1.02. The smallest absolute Gasteiger partial charge is 0.326 e. The van der Waals surface area contributed by atoms with Crippen molar-refractivity contribution in [1.82, 2.24) is 9.80 Å². The summed E-state index contributed by atoms with van der Waals surface area (Å²) in [6, 6.07) is 1.48. The molecular weight excluding hydrogens is 258 g/mol. The first-order chi connectivity index (χ1) is 9.63. The number of aliphatic carboxylic acids is 1. The van der Waals surface area contributed by atoms with Gasteiger partial charge in [-0.05, 0) is 32.2 Å². The number of carbonyl (C=O) groups excluding carboxylic acids is 1. The second-order valence-corrected chi connectivity index (χ2v) is 5.58. The van der Waals surface area contributed by atoms with Crippen molar-refractivity contribution in [2.24, 2.45) is 5.92 Å². The predicted octanol–water partition coefficient (Wildman–Crippen LogP) is 0.688. The number of nitriles is 1. The van der Waals surface area contributed by atoms with Gasteiger partial charge in [0.2, 0.25) is 5.91 Å². The lowest BCUT2D eigenvalue weighted by Crippen LogP contribution is -2.48. The highest BCUT2D eigenvalue weighted by molar-refractivity contribution is 5.85. The Morgan fingerprint density at radius 1 is 1.25 bits per heavy atom. The van der Waals surface area contributed by atoms with Gasteiger partial charge in [-0.2, -0.15) is 5.26 Å². The number of rotatable bonds is 4. The van der Waals surface area contributed by atoms with Crippen LogP contribution in [0.4, 0.5) is 0 Å². The number of amides is 1. The molecule has 2 heterocycles. The van der Waals surface area contributed by atoms with Crippen LogP contribution in [0.25, 0.3) is 0 Å². The van der Waals surface area contributed by atoms with Crippen LogP contribution in [0.5, 0.6) is 0 Å². The Kier molecular flexibility index (Phi) is 4.96. The molecule has 0 bridgehead atoms. The average molecular weight is 279 g/mol. The lowest BCUT2D eigenvalue weighted by molar-refractivity contribution is -0.150. The highest BCUT2D eigenvalue weighted by atomic mass is 16.4. The molecule has 20 heavy (non-hydrogen) atoms. The van der Waals surface area contributed by atoms with Gasteiger partial charge < -0.3 is 14.9 Å². The maximum atomic E-state index is 12.5. The number of likely N-dealkylation sites (tertiary alicyclic amines) is 2. The van der Waals surface area contributed by atoms with Gasteiger partial charge in [0.25, 0.3) is 0 Å². The average Bonchev–Trinajstić information content (AvgIpc) is 2.94. The molecule has 0 aromatic rings. The fraction of sp³-hybridized carbons (Fsp3) is 0.786. The van der Waals surface area contributed by atoms with Crippen molar-refractivity contribution in [2.75, 3.05) is 26.2 Å². The third-order valence-electron chi connectivity index (χ3n) is 4.22. The third-order valence-corrected chi connectivity index (χ3v) is 4.22. The Balaban J connectivity index is 1.94. The van der Waals surface area contributed by atoms with Crippen molar-refractivity contribution >= 4 is 11.9 Å². The highest BCUT2D eigenvalue weighted by Gasteiger charge is 2.38. The maximum absolute atomic E-state index is 12.5. The van der Waals surface area contributed by atoms with Gasteiger partial charge in [0, 0.05) is 26.1 Å². The van der Waals surface area contributed by atoms with Crippen molar-refractivity contribution < 1.29 is 14.7 Å². The fourth-order valence-electron chi connectivity index (χ4n) is 3.19. The molecule has 0 saturated carbocycles. The molecule has 0 aromatic heterocycles. The third kappa shape index (κ3) is 3.28. The van der Waals surface area contributed by atoms with E-state index in [9.17, 15) is 9.59 Å². The predicted molar refractivity (Wildman–Crippen MR) is 71.8 cm³/mol. The normalized spacial score (nSPS) is 27.2. The minimum Gasteiger partial charge on any atom is -0.480 e. The summed E-state index contributed by atoms with van der Waals surface area (Å²) in [7, 11) is 0. The molecule has 2 unspecified atom stereocenters. The number of carboxylic acids is 1. The topological polar surface area (TPSA) is 84.6 Å². The standard InChI is InChI=1S/C14H21N3O3/c15-6-3-8-16-7-1-4-11(10-16)13(18)17-9-2-5-12(17)14(19)20/h11-12H,1-5,7-10H2,(H,19,20). The molecule has 2 rings (SSSR count). The van der Waals surface area contributed by atoms with Gasteiger partial charge in [0.1, 0.15) is 6.04 Å². The molecule has 0 aromatic carbocycles. The van der Waals surface area contributed by atoms with Gasteiger partial charge >= 0.3 is 5.97 Å². The van der Waals surface area contributed by atoms with Crippen molar-refractivity contribution in [3.8, 4) is 6.07 Å². The molecule has 2 saturated heterocycles. The Labute approximate surface area is 119 Å². The summed E-state index contributed by atoms with van der Waals surface area (Å²) in [5.41, 5.74) is 0. The summed E-state index contributed by atoms with van der Waals surface area (Å²) in [6.07, 6.45) is 3.57. The molecule has 6 nitrogen and oxygen atoms in total. The summed E-state index contributed by atoms with van der Waals surface area (Å²) < 4.78 is 0. The number of hydrogen-bond acceptors (Lipinski definition) is 4. The van der Waals surface area contributed by atoms with E-state index in [1.54, 1.807) is 4.90 Å². The second-order valence-electron chi connectivity index (χ2n) is 5.58. The molecule has 0 aliphatic carbocycles. The maximum Gasteiger partial charge on any atom is 0.326 e. The molecule has 2 aliphatic heterocycles. The van der Waals surface area contributed by atoms with Gasteiger partial charge in [-0.1, -0.05) is 0 Å². The van der Waals surface area contributed by atoms with Crippen LogP contribution in [-0.4, -0.2) is 59.0 Å². The first kappa shape index (κ1) is 14.8. The largest absolute Gasteiger partial charge is 0.480 e. The quantitative estimate of drug-likeness (QED) is 0.818. The van der Waals surface area contributed by atoms with Gasteiger partial charge in [-0.15, -0.1) is 0 Å². The summed E-state index contributed by atoms with van der Waals surface area (Å²) in [4.78, 5) is 27.4. The van der Waals surface area contributed by atoms with Crippen LogP contribution in [0.2, 0.25) is 0 Å². The molecule has 2 fully saturated rings. The fourth-order valence-corrected chi connectivity index (χ4v) is 3.19. The molecule has 6 heteroatoms. The zero-order chi connectivity index (χ0) is 14.5. The van der Waals surface area contributed by atoms with E-state index < -0.39 is 12.0 Å². The van der Waals surface area contributed by atoms with Gasteiger partial charge in [-0.25, -0.2) is 4.79 Å². The van der Waals surface area contributed by atoms with Crippen LogP contribution in [0.3, 0.4) is 0 Å². The van der Waals surface area contributed by atoms with Crippen molar-refractivity contribution in [3.63, 3.8) is 0 Å². The van der Waals surface area contributed by atoms with Gasteiger partial charge in [0.15, 0.2) is 0 Å². The first-order valence-electron chi connectivity index (χ1n) is 7.26. The molecule has 2 atom stereocenters. The van der Waals surface area contributed by atoms with E-state index >= 15 is 0 Å². The van der Waals surface area contributed by atoms with E-state index in [4.69, 9.17) is 10.4 Å². The highest BCUT2D eigenvalue weighted by Crippen LogP contribution is 2.24. The Morgan fingerprint density at radius 2 is 2.00 bits per heavy atom. The van der Waals surface area contributed by atoms with E-state index in [0.717, 1.165) is 25.8 Å². The molecule has 1 amide bonds. The van der Waals surface area contributed by atoms with Crippen LogP contribution >= 0.6 is 0 Å². The molecule has 1 N–H and O–H groups in total. The van der Waals surface area contributed by atoms with Crippen LogP contribution in [-0.2, 0) is 9.59 Å². The van der Waals surface area contributed by atoms with E-state index in [1.165, 1.54) is 0 Å². The number of carboxylic acid groups (broad SMARTS) is 1. The van der Waals surface area contributed by atoms with Gasteiger partial charge in [-0.3, -0.25) is 4.79 Å². The minimum atomic E-state index is -0.895. The number of piperidine rings is 1. The van der Waals surface area contributed by atoms with Crippen molar-refractivity contribution in [2.45, 2.75) is 38.1 Å². The Morgan fingerprint density at radius 3 is 2.70 bits per heavy atom. The zero-order valence-electron chi connectivity index (χ0n) is 11.6. The van der Waals surface area contributed by atoms with Crippen LogP contribution in [0.1, 0.15) is 32.1 Å². The van der Waals surface area contributed by atoms with E-state index in [0.29, 0.717) is 32.5 Å². The monoisotopic (exact) mass is 279 g/mol. The molecule has 2 aliphatic rings. The van der Waals surface area contributed by atoms with Crippen molar-refractivity contribution in [3.05, 3.63) is 0 Å². The van der Waals surface area contributed by atoms with Crippen molar-refractivity contribution in [1.29, 1.82) is 5.26 Å². The molecule has 110 valence electrons. The molecular formula is C14H21N3O3. The lowest BCUT2D eigenvalue weighted by Gasteiger charge is -2.34. The summed E-state index contributed by atoms with van der Waals surface area (Å²) in [6.45, 7) is 2.84. The molecule has 0 radical (unpaired) electrons. The Hall–Kier alpha value is -1.61. The second kappa shape index (κ2) is 6.71. The van der Waals surface area contributed by atoms with Crippen LogP contribution in [0, 0.1) is 17.2 Å². The number of carbonyl (C=O) groups is 2. The minimum absolute atomic E-state index is 0.0171.